The van der Waals surface area contributed by atoms with E-state index in [1.54, 1.807) is 18.0 Å². The van der Waals surface area contributed by atoms with Gasteiger partial charge in [0.05, 0.1) is 20.8 Å². The molecule has 1 unspecified atom stereocenters. The number of hydrogen-bond acceptors (Lipinski definition) is 5. The van der Waals surface area contributed by atoms with Crippen LogP contribution >= 0.6 is 0 Å². The van der Waals surface area contributed by atoms with Crippen LogP contribution in [0.1, 0.15) is 12.5 Å². The molecule has 22 heavy (non-hydrogen) atoms. The van der Waals surface area contributed by atoms with Gasteiger partial charge in [-0.1, -0.05) is 12.1 Å². The van der Waals surface area contributed by atoms with Crippen molar-refractivity contribution in [2.45, 2.75) is 25.6 Å². The van der Waals surface area contributed by atoms with Crippen LogP contribution in [0.3, 0.4) is 0 Å². The maximum atomic E-state index is 12.1. The minimum atomic E-state index is -0.860. The van der Waals surface area contributed by atoms with E-state index in [2.05, 4.69) is 10.4 Å². The van der Waals surface area contributed by atoms with E-state index in [0.29, 0.717) is 13.1 Å². The summed E-state index contributed by atoms with van der Waals surface area (Å²) in [6, 6.07) is 9.51. The highest BCUT2D eigenvalue weighted by atomic mass is 16.5. The fourth-order valence-corrected chi connectivity index (χ4v) is 2.18. The number of carbonyl (C=O) groups is 1. The molecule has 1 aromatic heterocycles. The predicted octanol–water partition coefficient (Wildman–Crippen LogP) is 1.61. The van der Waals surface area contributed by atoms with Crippen molar-refractivity contribution in [2.24, 2.45) is 0 Å². The molecule has 0 bridgehead atoms. The van der Waals surface area contributed by atoms with Crippen molar-refractivity contribution >= 4 is 5.97 Å². The summed E-state index contributed by atoms with van der Waals surface area (Å²) in [5.41, 5.74) is 0.192. The molecule has 1 N–H and O–H groups in total. The number of rotatable bonds is 7. The van der Waals surface area contributed by atoms with Crippen LogP contribution in [0.25, 0.3) is 0 Å². The number of ether oxygens (including phenoxy) is 2. The molecule has 1 heterocycles. The second-order valence-corrected chi connectivity index (χ2v) is 5.23. The maximum absolute atomic E-state index is 12.1. The molecule has 2 rings (SSSR count). The monoisotopic (exact) mass is 303 g/mol. The predicted molar refractivity (Wildman–Crippen MR) is 82.5 cm³/mol. The lowest BCUT2D eigenvalue weighted by atomic mass is 10.0. The van der Waals surface area contributed by atoms with Crippen LogP contribution in [0, 0.1) is 0 Å². The molecule has 1 aromatic carbocycles. The van der Waals surface area contributed by atoms with Crippen molar-refractivity contribution < 1.29 is 14.3 Å². The van der Waals surface area contributed by atoms with Crippen molar-refractivity contribution in [3.63, 3.8) is 0 Å². The first kappa shape index (κ1) is 16.0. The maximum Gasteiger partial charge on any atom is 0.327 e. The van der Waals surface area contributed by atoms with Crippen LogP contribution in [-0.2, 0) is 22.6 Å². The first-order valence-electron chi connectivity index (χ1n) is 7.01. The minimum absolute atomic E-state index is 0.323. The van der Waals surface area contributed by atoms with E-state index in [1.165, 1.54) is 7.11 Å². The van der Waals surface area contributed by atoms with Crippen LogP contribution in [0.15, 0.2) is 42.7 Å². The second kappa shape index (κ2) is 7.09. The number of aromatic nitrogens is 2. The normalized spacial score (nSPS) is 13.4. The van der Waals surface area contributed by atoms with Crippen molar-refractivity contribution in [1.29, 1.82) is 0 Å². The van der Waals surface area contributed by atoms with Gasteiger partial charge in [0.15, 0.2) is 0 Å². The van der Waals surface area contributed by atoms with Crippen molar-refractivity contribution in [1.82, 2.24) is 15.1 Å². The molecule has 118 valence electrons. The lowest BCUT2D eigenvalue weighted by molar-refractivity contribution is -0.148. The van der Waals surface area contributed by atoms with Crippen LogP contribution in [0.5, 0.6) is 5.75 Å². The molecule has 1 atom stereocenters. The molecular formula is C16H21N3O3. The third-order valence-electron chi connectivity index (χ3n) is 3.52. The second-order valence-electron chi connectivity index (χ2n) is 5.23. The van der Waals surface area contributed by atoms with E-state index in [4.69, 9.17) is 9.47 Å². The lowest BCUT2D eigenvalue weighted by Gasteiger charge is -2.28. The van der Waals surface area contributed by atoms with Gasteiger partial charge in [-0.05, 0) is 30.7 Å². The zero-order valence-corrected chi connectivity index (χ0v) is 13.1. The van der Waals surface area contributed by atoms with Crippen molar-refractivity contribution in [3.05, 3.63) is 48.3 Å². The van der Waals surface area contributed by atoms with Gasteiger partial charge >= 0.3 is 5.97 Å². The summed E-state index contributed by atoms with van der Waals surface area (Å²) in [7, 11) is 3.02. The smallest absolute Gasteiger partial charge is 0.327 e. The van der Waals surface area contributed by atoms with Crippen LogP contribution in [-0.4, -0.2) is 35.5 Å². The highest BCUT2D eigenvalue weighted by Gasteiger charge is 2.34. The van der Waals surface area contributed by atoms with Gasteiger partial charge in [0.1, 0.15) is 11.3 Å². The Bertz CT molecular complexity index is 596. The zero-order chi connectivity index (χ0) is 16.0. The summed E-state index contributed by atoms with van der Waals surface area (Å²) < 4.78 is 11.8. The molecule has 0 aliphatic heterocycles. The Balaban J connectivity index is 2.07. The number of nitrogens with one attached hydrogen (secondary N) is 1. The number of methoxy groups -OCH3 is 2. The SMILES string of the molecule is COC(=O)C(C)(Cn1cccn1)NCc1ccc(OC)cc1. The largest absolute Gasteiger partial charge is 0.497 e. The van der Waals surface area contributed by atoms with Crippen LogP contribution in [0.2, 0.25) is 0 Å². The molecule has 0 spiro atoms. The summed E-state index contributed by atoms with van der Waals surface area (Å²) in [6.07, 6.45) is 3.50. The molecule has 6 nitrogen and oxygen atoms in total. The first-order chi connectivity index (χ1) is 10.6. The Hall–Kier alpha value is -2.34. The van der Waals surface area contributed by atoms with Gasteiger partial charge < -0.3 is 9.47 Å². The Morgan fingerprint density at radius 1 is 1.32 bits per heavy atom. The summed E-state index contributed by atoms with van der Waals surface area (Å²) in [5.74, 6) is 0.479. The summed E-state index contributed by atoms with van der Waals surface area (Å²) in [5, 5.41) is 7.41. The van der Waals surface area contributed by atoms with Gasteiger partial charge in [0.25, 0.3) is 0 Å². The van der Waals surface area contributed by atoms with Crippen molar-refractivity contribution in [3.8, 4) is 5.75 Å². The Morgan fingerprint density at radius 2 is 2.05 bits per heavy atom. The number of benzene rings is 1. The summed E-state index contributed by atoms with van der Waals surface area (Å²) in [4.78, 5) is 12.1. The third-order valence-corrected chi connectivity index (χ3v) is 3.52. The Kier molecular flexibility index (Phi) is 5.16. The van der Waals surface area contributed by atoms with Gasteiger partial charge in [0, 0.05) is 18.9 Å². The van der Waals surface area contributed by atoms with Gasteiger partial charge in [-0.3, -0.25) is 10.00 Å². The quantitative estimate of drug-likeness (QED) is 0.787. The van der Waals surface area contributed by atoms with E-state index in [9.17, 15) is 4.79 Å². The van der Waals surface area contributed by atoms with Gasteiger partial charge in [-0.25, -0.2) is 4.79 Å². The number of carbonyl (C=O) groups excluding carboxylic acids is 1. The number of esters is 1. The molecule has 0 saturated heterocycles. The van der Waals surface area contributed by atoms with Gasteiger partial charge in [-0.2, -0.15) is 5.10 Å². The van der Waals surface area contributed by atoms with Crippen molar-refractivity contribution in [2.75, 3.05) is 14.2 Å². The van der Waals surface area contributed by atoms with E-state index >= 15 is 0 Å². The fourth-order valence-electron chi connectivity index (χ4n) is 2.18. The molecular weight excluding hydrogens is 282 g/mol. The average Bonchev–Trinajstić information content (AvgIpc) is 3.05. The standard InChI is InChI=1S/C16H21N3O3/c1-16(15(20)22-3,12-19-10-4-9-18-19)17-11-13-5-7-14(21-2)8-6-13/h4-10,17H,11-12H2,1-3H3. The highest BCUT2D eigenvalue weighted by Crippen LogP contribution is 2.14. The molecule has 0 aliphatic carbocycles. The van der Waals surface area contributed by atoms with Crippen LogP contribution < -0.4 is 10.1 Å². The topological polar surface area (TPSA) is 65.4 Å². The lowest BCUT2D eigenvalue weighted by Crippen LogP contribution is -2.53. The van der Waals surface area contributed by atoms with Gasteiger partial charge in [0.2, 0.25) is 0 Å². The summed E-state index contributed by atoms with van der Waals surface area (Å²) >= 11 is 0. The molecule has 0 fully saturated rings. The molecule has 0 saturated carbocycles. The average molecular weight is 303 g/mol. The molecule has 2 aromatic rings. The fraction of sp³-hybridized carbons (Fsp3) is 0.375. The van der Waals surface area contributed by atoms with E-state index < -0.39 is 5.54 Å². The van der Waals surface area contributed by atoms with Gasteiger partial charge in [-0.15, -0.1) is 0 Å². The highest BCUT2D eigenvalue weighted by molar-refractivity contribution is 5.80. The number of hydrogen-bond donors (Lipinski definition) is 1. The summed E-state index contributed by atoms with van der Waals surface area (Å²) in [6.45, 7) is 2.74. The minimum Gasteiger partial charge on any atom is -0.497 e. The first-order valence-corrected chi connectivity index (χ1v) is 7.01. The van der Waals surface area contributed by atoms with E-state index in [1.807, 2.05) is 43.5 Å². The molecule has 0 aliphatic rings. The van der Waals surface area contributed by atoms with Crippen LogP contribution in [0.4, 0.5) is 0 Å². The Morgan fingerprint density at radius 3 is 2.59 bits per heavy atom. The third kappa shape index (κ3) is 3.85. The zero-order valence-electron chi connectivity index (χ0n) is 13.1. The number of nitrogens with zero attached hydrogens (tertiary/aromatic N) is 2. The van der Waals surface area contributed by atoms with E-state index in [0.717, 1.165) is 11.3 Å². The Labute approximate surface area is 130 Å². The molecule has 0 radical (unpaired) electrons. The molecule has 0 amide bonds. The molecule has 6 heteroatoms. The van der Waals surface area contributed by atoms with E-state index in [-0.39, 0.29) is 5.97 Å².